The number of benzene rings is 1. The van der Waals surface area contributed by atoms with Crippen molar-refractivity contribution in [1.82, 2.24) is 10.2 Å². The Morgan fingerprint density at radius 1 is 1.40 bits per heavy atom. The first kappa shape index (κ1) is 19.1. The molecule has 1 fully saturated rings. The maximum absolute atomic E-state index is 11.9. The Morgan fingerprint density at radius 2 is 2.20 bits per heavy atom. The molecule has 1 atom stereocenters. The molecule has 2 rings (SSSR count). The molecule has 6 nitrogen and oxygen atoms in total. The first-order valence-corrected chi connectivity index (χ1v) is 8.87. The minimum absolute atomic E-state index is 0.403. The van der Waals surface area contributed by atoms with E-state index in [2.05, 4.69) is 24.1 Å². The summed E-state index contributed by atoms with van der Waals surface area (Å²) in [5, 5.41) is 3.37. The van der Waals surface area contributed by atoms with Crippen LogP contribution in [0.1, 0.15) is 42.6 Å². The number of methoxy groups -OCH3 is 2. The molecular weight excluding hydrogens is 318 g/mol. The average Bonchev–Trinajstić information content (AvgIpc) is 2.64. The van der Waals surface area contributed by atoms with Crippen LogP contribution in [-0.2, 0) is 11.3 Å². The lowest BCUT2D eigenvalue weighted by Gasteiger charge is -2.33. The zero-order chi connectivity index (χ0) is 18.2. The quantitative estimate of drug-likeness (QED) is 0.504. The van der Waals surface area contributed by atoms with E-state index in [9.17, 15) is 4.79 Å². The zero-order valence-electron chi connectivity index (χ0n) is 15.7. The Hall–Kier alpha value is -2.24. The van der Waals surface area contributed by atoms with Gasteiger partial charge in [0.05, 0.1) is 20.8 Å². The van der Waals surface area contributed by atoms with Crippen molar-refractivity contribution in [1.29, 1.82) is 0 Å². The molecule has 25 heavy (non-hydrogen) atoms. The van der Waals surface area contributed by atoms with Crippen molar-refractivity contribution >= 4 is 11.9 Å². The highest BCUT2D eigenvalue weighted by Crippen LogP contribution is 2.21. The van der Waals surface area contributed by atoms with E-state index in [0.717, 1.165) is 31.2 Å². The summed E-state index contributed by atoms with van der Waals surface area (Å²) in [6.07, 6.45) is 2.47. The van der Waals surface area contributed by atoms with Gasteiger partial charge in [-0.25, -0.2) is 9.79 Å². The van der Waals surface area contributed by atoms with Crippen LogP contribution in [0.3, 0.4) is 0 Å². The summed E-state index contributed by atoms with van der Waals surface area (Å²) in [7, 11) is 2.91. The summed E-state index contributed by atoms with van der Waals surface area (Å²) in [4.78, 5) is 19.0. The van der Waals surface area contributed by atoms with Gasteiger partial charge >= 0.3 is 5.97 Å². The number of guanidine groups is 1. The van der Waals surface area contributed by atoms with Crippen LogP contribution in [0.2, 0.25) is 0 Å². The Balaban J connectivity index is 2.17. The molecular formula is C19H29N3O3. The van der Waals surface area contributed by atoms with Crippen LogP contribution in [-0.4, -0.2) is 50.7 Å². The van der Waals surface area contributed by atoms with E-state index in [1.807, 2.05) is 6.07 Å². The van der Waals surface area contributed by atoms with Gasteiger partial charge in [0.25, 0.3) is 0 Å². The summed E-state index contributed by atoms with van der Waals surface area (Å²) in [5.41, 5.74) is 1.37. The monoisotopic (exact) mass is 347 g/mol. The van der Waals surface area contributed by atoms with Gasteiger partial charge in [-0.2, -0.15) is 0 Å². The molecule has 0 bridgehead atoms. The largest absolute Gasteiger partial charge is 0.496 e. The van der Waals surface area contributed by atoms with Crippen LogP contribution in [0.15, 0.2) is 23.2 Å². The van der Waals surface area contributed by atoms with Gasteiger partial charge in [-0.3, -0.25) is 0 Å². The Morgan fingerprint density at radius 3 is 2.84 bits per heavy atom. The van der Waals surface area contributed by atoms with Crippen molar-refractivity contribution in [2.24, 2.45) is 10.9 Å². The molecule has 1 aliphatic heterocycles. The summed E-state index contributed by atoms with van der Waals surface area (Å²) < 4.78 is 10.1. The number of carbonyl (C=O) groups is 1. The molecule has 1 unspecified atom stereocenters. The second-order valence-electron chi connectivity index (χ2n) is 6.39. The highest BCUT2D eigenvalue weighted by atomic mass is 16.5. The van der Waals surface area contributed by atoms with Gasteiger partial charge in [-0.15, -0.1) is 0 Å². The Labute approximate surface area is 150 Å². The number of hydrogen-bond acceptors (Lipinski definition) is 4. The number of piperidine rings is 1. The molecule has 0 aromatic heterocycles. The second-order valence-corrected chi connectivity index (χ2v) is 6.39. The van der Waals surface area contributed by atoms with Crippen LogP contribution >= 0.6 is 0 Å². The molecule has 0 amide bonds. The average molecular weight is 347 g/mol. The van der Waals surface area contributed by atoms with Gasteiger partial charge in [-0.05, 0) is 43.4 Å². The number of esters is 1. The zero-order valence-corrected chi connectivity index (χ0v) is 15.7. The lowest BCUT2D eigenvalue weighted by Crippen LogP contribution is -2.46. The standard InChI is InChI=1S/C19H29N3O3/c1-5-20-19(22-10-6-7-14(2)13-22)21-12-15-8-9-17(24-3)16(11-15)18(23)25-4/h8-9,11,14H,5-7,10,12-13H2,1-4H3,(H,20,21). The summed E-state index contributed by atoms with van der Waals surface area (Å²) in [6.45, 7) is 7.75. The van der Waals surface area contributed by atoms with Crippen LogP contribution in [0.5, 0.6) is 5.75 Å². The highest BCUT2D eigenvalue weighted by Gasteiger charge is 2.19. The third-order valence-electron chi connectivity index (χ3n) is 4.37. The van der Waals surface area contributed by atoms with E-state index in [0.29, 0.717) is 23.8 Å². The third-order valence-corrected chi connectivity index (χ3v) is 4.37. The lowest BCUT2D eigenvalue weighted by atomic mass is 10.0. The first-order valence-electron chi connectivity index (χ1n) is 8.87. The number of hydrogen-bond donors (Lipinski definition) is 1. The van der Waals surface area contributed by atoms with E-state index < -0.39 is 5.97 Å². The first-order chi connectivity index (χ1) is 12.1. The smallest absolute Gasteiger partial charge is 0.341 e. The topological polar surface area (TPSA) is 63.2 Å². The van der Waals surface area contributed by atoms with Crippen LogP contribution in [0, 0.1) is 5.92 Å². The molecule has 0 radical (unpaired) electrons. The van der Waals surface area contributed by atoms with Crippen molar-refractivity contribution in [3.8, 4) is 5.75 Å². The molecule has 1 saturated heterocycles. The molecule has 1 N–H and O–H groups in total. The number of carbonyl (C=O) groups excluding carboxylic acids is 1. The predicted octanol–water partition coefficient (Wildman–Crippen LogP) is 2.68. The van der Waals surface area contributed by atoms with E-state index in [1.54, 1.807) is 19.2 Å². The highest BCUT2D eigenvalue weighted by molar-refractivity contribution is 5.92. The van der Waals surface area contributed by atoms with Crippen molar-refractivity contribution < 1.29 is 14.3 Å². The molecule has 138 valence electrons. The number of aliphatic imine (C=N–C) groups is 1. The lowest BCUT2D eigenvalue weighted by molar-refractivity contribution is 0.0597. The molecule has 1 aliphatic rings. The van der Waals surface area contributed by atoms with Crippen molar-refractivity contribution in [2.45, 2.75) is 33.2 Å². The van der Waals surface area contributed by atoms with E-state index in [1.165, 1.54) is 20.0 Å². The fraction of sp³-hybridized carbons (Fsp3) is 0.579. The SMILES string of the molecule is CCNC(=NCc1ccc(OC)c(C(=O)OC)c1)N1CCCC(C)C1. The molecule has 6 heteroatoms. The normalized spacial score (nSPS) is 18.0. The minimum atomic E-state index is -0.403. The fourth-order valence-electron chi connectivity index (χ4n) is 3.10. The summed E-state index contributed by atoms with van der Waals surface area (Å²) >= 11 is 0. The van der Waals surface area contributed by atoms with Gasteiger partial charge in [0.2, 0.25) is 0 Å². The molecule has 1 aromatic rings. The third kappa shape index (κ3) is 5.11. The van der Waals surface area contributed by atoms with Gasteiger partial charge in [0, 0.05) is 19.6 Å². The van der Waals surface area contributed by atoms with E-state index in [4.69, 9.17) is 14.5 Å². The van der Waals surface area contributed by atoms with Gasteiger partial charge in [0.15, 0.2) is 5.96 Å². The maximum atomic E-state index is 11.9. The Kier molecular flexibility index (Phi) is 7.10. The van der Waals surface area contributed by atoms with Crippen molar-refractivity contribution in [3.05, 3.63) is 29.3 Å². The van der Waals surface area contributed by atoms with E-state index in [-0.39, 0.29) is 0 Å². The predicted molar refractivity (Wildman–Crippen MR) is 99.1 cm³/mol. The molecule has 1 aromatic carbocycles. The second kappa shape index (κ2) is 9.30. The molecule has 0 aliphatic carbocycles. The maximum Gasteiger partial charge on any atom is 0.341 e. The number of rotatable bonds is 5. The van der Waals surface area contributed by atoms with Crippen molar-refractivity contribution in [3.63, 3.8) is 0 Å². The minimum Gasteiger partial charge on any atom is -0.496 e. The van der Waals surface area contributed by atoms with Gasteiger partial charge < -0.3 is 19.7 Å². The van der Waals surface area contributed by atoms with Crippen LogP contribution in [0.4, 0.5) is 0 Å². The molecule has 1 heterocycles. The number of likely N-dealkylation sites (tertiary alicyclic amines) is 1. The van der Waals surface area contributed by atoms with Gasteiger partial charge in [-0.1, -0.05) is 13.0 Å². The fourth-order valence-corrected chi connectivity index (χ4v) is 3.10. The molecule has 0 saturated carbocycles. The summed E-state index contributed by atoms with van der Waals surface area (Å²) in [5.74, 6) is 1.73. The number of ether oxygens (including phenoxy) is 2. The van der Waals surface area contributed by atoms with Crippen LogP contribution in [0.25, 0.3) is 0 Å². The molecule has 0 spiro atoms. The Bertz CT molecular complexity index is 616. The van der Waals surface area contributed by atoms with E-state index >= 15 is 0 Å². The number of nitrogens with zero attached hydrogens (tertiary/aromatic N) is 2. The van der Waals surface area contributed by atoms with Crippen molar-refractivity contribution in [2.75, 3.05) is 33.9 Å². The summed E-state index contributed by atoms with van der Waals surface area (Å²) in [6, 6.07) is 5.50. The van der Waals surface area contributed by atoms with Crippen LogP contribution < -0.4 is 10.1 Å². The number of nitrogens with one attached hydrogen (secondary N) is 1. The van der Waals surface area contributed by atoms with Gasteiger partial charge in [0.1, 0.15) is 11.3 Å².